The molecule has 0 spiro atoms. The first kappa shape index (κ1) is 12.5. The molecule has 82 valence electrons. The largest absolute Gasteiger partial charge is 0.495 e. The van der Waals surface area contributed by atoms with Crippen molar-refractivity contribution in [3.05, 3.63) is 26.7 Å². The number of hydrogen-bond acceptors (Lipinski definition) is 2. The van der Waals surface area contributed by atoms with E-state index >= 15 is 0 Å². The van der Waals surface area contributed by atoms with Gasteiger partial charge in [0.25, 0.3) is 0 Å². The van der Waals surface area contributed by atoms with Gasteiger partial charge in [0.05, 0.1) is 17.1 Å². The number of carbonyl (C=O) groups excluding carboxylic acids is 1. The number of halogens is 2. The van der Waals surface area contributed by atoms with Crippen LogP contribution >= 0.6 is 27.5 Å². The summed E-state index contributed by atoms with van der Waals surface area (Å²) in [6.07, 6.45) is 0.433. The van der Waals surface area contributed by atoms with Gasteiger partial charge in [-0.1, -0.05) is 18.5 Å². The average molecular weight is 292 g/mol. The van der Waals surface area contributed by atoms with Crippen molar-refractivity contribution in [1.29, 1.82) is 0 Å². The number of ether oxygens (including phenoxy) is 1. The van der Waals surface area contributed by atoms with Crippen LogP contribution in [0.3, 0.4) is 0 Å². The van der Waals surface area contributed by atoms with Gasteiger partial charge in [-0.05, 0) is 34.5 Å². The highest BCUT2D eigenvalue weighted by molar-refractivity contribution is 9.10. The third-order valence-corrected chi connectivity index (χ3v) is 3.58. The molecular weight excluding hydrogens is 279 g/mol. The van der Waals surface area contributed by atoms with Gasteiger partial charge in [-0.25, -0.2) is 0 Å². The molecule has 0 saturated heterocycles. The molecule has 15 heavy (non-hydrogen) atoms. The van der Waals surface area contributed by atoms with Crippen molar-refractivity contribution in [2.24, 2.45) is 0 Å². The van der Waals surface area contributed by atoms with E-state index in [1.165, 1.54) is 0 Å². The van der Waals surface area contributed by atoms with E-state index in [-0.39, 0.29) is 5.78 Å². The van der Waals surface area contributed by atoms with Crippen molar-refractivity contribution in [3.63, 3.8) is 0 Å². The van der Waals surface area contributed by atoms with Crippen molar-refractivity contribution in [3.8, 4) is 5.75 Å². The van der Waals surface area contributed by atoms with Gasteiger partial charge in [0.15, 0.2) is 5.78 Å². The number of rotatable bonds is 3. The molecule has 0 radical (unpaired) electrons. The molecule has 0 aromatic heterocycles. The third-order valence-electron chi connectivity index (χ3n) is 2.23. The zero-order valence-electron chi connectivity index (χ0n) is 8.86. The number of hydrogen-bond donors (Lipinski definition) is 0. The Morgan fingerprint density at radius 1 is 1.60 bits per heavy atom. The predicted molar refractivity (Wildman–Crippen MR) is 65.1 cm³/mol. The van der Waals surface area contributed by atoms with Gasteiger partial charge in [-0.15, -0.1) is 0 Å². The van der Waals surface area contributed by atoms with Gasteiger partial charge in [0, 0.05) is 11.4 Å². The number of methoxy groups -OCH3 is 1. The van der Waals surface area contributed by atoms with Crippen molar-refractivity contribution < 1.29 is 9.53 Å². The summed E-state index contributed by atoms with van der Waals surface area (Å²) in [5, 5.41) is 0.569. The smallest absolute Gasteiger partial charge is 0.166 e. The van der Waals surface area contributed by atoms with Crippen LogP contribution in [0.5, 0.6) is 5.75 Å². The Balaban J connectivity index is 3.45. The molecule has 0 aliphatic rings. The highest BCUT2D eigenvalue weighted by Crippen LogP contribution is 2.37. The van der Waals surface area contributed by atoms with Gasteiger partial charge in [-0.3, -0.25) is 4.79 Å². The summed E-state index contributed by atoms with van der Waals surface area (Å²) < 4.78 is 5.95. The summed E-state index contributed by atoms with van der Waals surface area (Å²) >= 11 is 9.39. The molecule has 0 amide bonds. The van der Waals surface area contributed by atoms with E-state index in [1.807, 2.05) is 13.8 Å². The first-order valence-electron chi connectivity index (χ1n) is 4.58. The lowest BCUT2D eigenvalue weighted by Gasteiger charge is -2.12. The lowest BCUT2D eigenvalue weighted by molar-refractivity contribution is 0.0985. The van der Waals surface area contributed by atoms with Crippen molar-refractivity contribution in [2.75, 3.05) is 7.11 Å². The number of benzene rings is 1. The quantitative estimate of drug-likeness (QED) is 0.787. The van der Waals surface area contributed by atoms with Crippen LogP contribution in [0.25, 0.3) is 0 Å². The summed E-state index contributed by atoms with van der Waals surface area (Å²) in [6, 6.07) is 1.66. The summed E-state index contributed by atoms with van der Waals surface area (Å²) in [6.45, 7) is 3.68. The van der Waals surface area contributed by atoms with Crippen LogP contribution in [0, 0.1) is 6.92 Å². The Morgan fingerprint density at radius 3 is 2.67 bits per heavy atom. The van der Waals surface area contributed by atoms with Gasteiger partial charge in [0.2, 0.25) is 0 Å². The van der Waals surface area contributed by atoms with Gasteiger partial charge >= 0.3 is 0 Å². The molecule has 1 aromatic carbocycles. The third kappa shape index (κ3) is 2.34. The minimum Gasteiger partial charge on any atom is -0.495 e. The fourth-order valence-corrected chi connectivity index (χ4v) is 2.20. The van der Waals surface area contributed by atoms with Gasteiger partial charge < -0.3 is 4.74 Å². The highest BCUT2D eigenvalue weighted by atomic mass is 79.9. The Hall–Kier alpha value is -0.540. The van der Waals surface area contributed by atoms with Crippen LogP contribution in [0.1, 0.15) is 29.3 Å². The van der Waals surface area contributed by atoms with Crippen LogP contribution in [-0.2, 0) is 0 Å². The van der Waals surface area contributed by atoms with Crippen LogP contribution in [0.4, 0.5) is 0 Å². The highest BCUT2D eigenvalue weighted by Gasteiger charge is 2.17. The van der Waals surface area contributed by atoms with E-state index in [1.54, 1.807) is 13.2 Å². The molecule has 1 aromatic rings. The minimum absolute atomic E-state index is 0.0226. The summed E-state index contributed by atoms with van der Waals surface area (Å²) in [4.78, 5) is 11.6. The molecule has 0 heterocycles. The lowest BCUT2D eigenvalue weighted by Crippen LogP contribution is -2.02. The lowest BCUT2D eigenvalue weighted by atomic mass is 10.1. The first-order chi connectivity index (χ1) is 7.02. The Bertz CT molecular complexity index is 402. The summed E-state index contributed by atoms with van der Waals surface area (Å²) in [7, 11) is 1.54. The fraction of sp³-hybridized carbons (Fsp3) is 0.364. The molecule has 1 rings (SSSR count). The molecular formula is C11H12BrClO2. The summed E-state index contributed by atoms with van der Waals surface area (Å²) in [5.41, 5.74) is 1.41. The van der Waals surface area contributed by atoms with Gasteiger partial charge in [0.1, 0.15) is 5.75 Å². The zero-order chi connectivity index (χ0) is 11.6. The first-order valence-corrected chi connectivity index (χ1v) is 5.75. The van der Waals surface area contributed by atoms with E-state index in [0.29, 0.717) is 22.8 Å². The standard InChI is InChI=1S/C11H12BrClO2/c1-4-9(14)7-5-8(13)6(2)10(12)11(7)15-3/h5H,4H2,1-3H3. The molecule has 0 bridgehead atoms. The molecule has 4 heteroatoms. The van der Waals surface area contributed by atoms with Crippen molar-refractivity contribution in [1.82, 2.24) is 0 Å². The maximum atomic E-state index is 11.6. The SMILES string of the molecule is CCC(=O)c1cc(Cl)c(C)c(Br)c1OC. The predicted octanol–water partition coefficient (Wildman–Crippen LogP) is 4.01. The van der Waals surface area contributed by atoms with Crippen molar-refractivity contribution >= 4 is 33.3 Å². The molecule has 0 atom stereocenters. The Labute approximate surface area is 103 Å². The maximum absolute atomic E-state index is 11.6. The molecule has 0 N–H and O–H groups in total. The number of carbonyl (C=O) groups is 1. The second-order valence-electron chi connectivity index (χ2n) is 3.15. The van der Waals surface area contributed by atoms with Crippen LogP contribution in [0.2, 0.25) is 5.02 Å². The van der Waals surface area contributed by atoms with E-state index in [0.717, 1.165) is 10.0 Å². The van der Waals surface area contributed by atoms with E-state index < -0.39 is 0 Å². The van der Waals surface area contributed by atoms with E-state index in [4.69, 9.17) is 16.3 Å². The molecule has 0 saturated carbocycles. The second-order valence-corrected chi connectivity index (χ2v) is 4.36. The molecule has 0 unspecified atom stereocenters. The van der Waals surface area contributed by atoms with E-state index in [2.05, 4.69) is 15.9 Å². The topological polar surface area (TPSA) is 26.3 Å². The monoisotopic (exact) mass is 290 g/mol. The Morgan fingerprint density at radius 2 is 2.20 bits per heavy atom. The average Bonchev–Trinajstić information content (AvgIpc) is 2.24. The zero-order valence-corrected chi connectivity index (χ0v) is 11.2. The summed E-state index contributed by atoms with van der Waals surface area (Å²) in [5.74, 6) is 0.582. The van der Waals surface area contributed by atoms with Gasteiger partial charge in [-0.2, -0.15) is 0 Å². The molecule has 0 aliphatic carbocycles. The fourth-order valence-electron chi connectivity index (χ4n) is 1.29. The minimum atomic E-state index is 0.0226. The Kier molecular flexibility index (Phi) is 4.17. The van der Waals surface area contributed by atoms with Crippen LogP contribution < -0.4 is 4.74 Å². The second kappa shape index (κ2) is 4.99. The number of Topliss-reactive ketones (excluding diaryl/α,β-unsaturated/α-hetero) is 1. The van der Waals surface area contributed by atoms with E-state index in [9.17, 15) is 4.79 Å². The maximum Gasteiger partial charge on any atom is 0.166 e. The van der Waals surface area contributed by atoms with Crippen LogP contribution in [0.15, 0.2) is 10.5 Å². The normalized spacial score (nSPS) is 10.2. The molecule has 0 fully saturated rings. The molecule has 0 aliphatic heterocycles. The molecule has 2 nitrogen and oxygen atoms in total. The number of ketones is 1. The van der Waals surface area contributed by atoms with Crippen LogP contribution in [-0.4, -0.2) is 12.9 Å². The van der Waals surface area contributed by atoms with Crippen molar-refractivity contribution in [2.45, 2.75) is 20.3 Å².